The fraction of sp³-hybridized carbons (Fsp3) is 0.455. The Morgan fingerprint density at radius 2 is 2.25 bits per heavy atom. The van der Waals surface area contributed by atoms with Crippen LogP contribution in [0.1, 0.15) is 23.3 Å². The molecule has 1 amide bonds. The molecule has 86 valence electrons. The van der Waals surface area contributed by atoms with E-state index in [0.29, 0.717) is 10.8 Å². The highest BCUT2D eigenvalue weighted by Crippen LogP contribution is 2.33. The third-order valence-electron chi connectivity index (χ3n) is 2.28. The van der Waals surface area contributed by atoms with Crippen molar-refractivity contribution in [3.63, 3.8) is 0 Å². The lowest BCUT2D eigenvalue weighted by molar-refractivity contribution is 0.0821. The molecule has 0 atom stereocenters. The second-order valence-corrected chi connectivity index (χ2v) is 4.37. The Morgan fingerprint density at radius 1 is 1.56 bits per heavy atom. The van der Waals surface area contributed by atoms with Gasteiger partial charge in [-0.3, -0.25) is 4.79 Å². The number of pyridine rings is 1. The Hall–Kier alpha value is -1.29. The summed E-state index contributed by atoms with van der Waals surface area (Å²) >= 11 is 6.08. The first-order chi connectivity index (χ1) is 7.59. The average molecular weight is 241 g/mol. The van der Waals surface area contributed by atoms with Gasteiger partial charge in [0.25, 0.3) is 5.91 Å². The molecule has 1 aliphatic rings. The van der Waals surface area contributed by atoms with E-state index in [-0.39, 0.29) is 17.7 Å². The van der Waals surface area contributed by atoms with E-state index in [1.165, 1.54) is 4.90 Å². The van der Waals surface area contributed by atoms with Crippen molar-refractivity contribution in [1.29, 1.82) is 0 Å². The summed E-state index contributed by atoms with van der Waals surface area (Å²) in [6.45, 7) is 0. The van der Waals surface area contributed by atoms with Crippen molar-refractivity contribution in [1.82, 2.24) is 9.88 Å². The van der Waals surface area contributed by atoms with E-state index < -0.39 is 0 Å². The second kappa shape index (κ2) is 4.29. The molecule has 1 aromatic heterocycles. The zero-order valence-electron chi connectivity index (χ0n) is 9.24. The highest BCUT2D eigenvalue weighted by molar-refractivity contribution is 6.34. The van der Waals surface area contributed by atoms with Gasteiger partial charge in [0.2, 0.25) is 0 Å². The summed E-state index contributed by atoms with van der Waals surface area (Å²) < 4.78 is 5.58. The quantitative estimate of drug-likeness (QED) is 0.811. The van der Waals surface area contributed by atoms with Crippen molar-refractivity contribution >= 4 is 17.5 Å². The first kappa shape index (κ1) is 11.2. The lowest BCUT2D eigenvalue weighted by Crippen LogP contribution is -2.23. The molecule has 1 aromatic rings. The van der Waals surface area contributed by atoms with Crippen molar-refractivity contribution in [2.75, 3.05) is 14.1 Å². The molecule has 0 spiro atoms. The Balaban J connectivity index is 2.27. The lowest BCUT2D eigenvalue weighted by atomic mass is 10.3. The maximum atomic E-state index is 11.7. The number of ether oxygens (including phenoxy) is 1. The van der Waals surface area contributed by atoms with Gasteiger partial charge in [-0.2, -0.15) is 0 Å². The molecule has 1 saturated carbocycles. The van der Waals surface area contributed by atoms with Gasteiger partial charge in [-0.05, 0) is 12.8 Å². The van der Waals surface area contributed by atoms with E-state index >= 15 is 0 Å². The van der Waals surface area contributed by atoms with Gasteiger partial charge in [0.05, 0.1) is 6.10 Å². The van der Waals surface area contributed by atoms with Gasteiger partial charge < -0.3 is 9.64 Å². The number of hydrogen-bond acceptors (Lipinski definition) is 3. The van der Waals surface area contributed by atoms with E-state index in [1.54, 1.807) is 26.4 Å². The van der Waals surface area contributed by atoms with Crippen LogP contribution >= 0.6 is 11.6 Å². The molecular formula is C11H13ClN2O2. The van der Waals surface area contributed by atoms with Crippen molar-refractivity contribution in [2.45, 2.75) is 18.9 Å². The molecule has 16 heavy (non-hydrogen) atoms. The van der Waals surface area contributed by atoms with Crippen LogP contribution in [0.3, 0.4) is 0 Å². The topological polar surface area (TPSA) is 42.4 Å². The van der Waals surface area contributed by atoms with Gasteiger partial charge in [-0.25, -0.2) is 4.98 Å². The molecule has 0 aliphatic heterocycles. The van der Waals surface area contributed by atoms with Gasteiger partial charge in [-0.1, -0.05) is 11.6 Å². The van der Waals surface area contributed by atoms with E-state index in [1.807, 2.05) is 0 Å². The summed E-state index contributed by atoms with van der Waals surface area (Å²) in [6.07, 6.45) is 3.90. The Kier molecular flexibility index (Phi) is 3.01. The van der Waals surface area contributed by atoms with E-state index in [0.717, 1.165) is 12.8 Å². The number of aromatic nitrogens is 1. The van der Waals surface area contributed by atoms with E-state index in [2.05, 4.69) is 4.98 Å². The van der Waals surface area contributed by atoms with Crippen LogP contribution in [0.4, 0.5) is 0 Å². The zero-order chi connectivity index (χ0) is 11.7. The molecule has 1 fully saturated rings. The highest BCUT2D eigenvalue weighted by Gasteiger charge is 2.26. The predicted octanol–water partition coefficient (Wildman–Crippen LogP) is 1.98. The molecule has 0 saturated heterocycles. The smallest absolute Gasteiger partial charge is 0.273 e. The van der Waals surface area contributed by atoms with Crippen LogP contribution in [0.25, 0.3) is 0 Å². The summed E-state index contributed by atoms with van der Waals surface area (Å²) in [6, 6.07) is 1.69. The average Bonchev–Trinajstić information content (AvgIpc) is 3.04. The van der Waals surface area contributed by atoms with Gasteiger partial charge >= 0.3 is 0 Å². The minimum atomic E-state index is -0.216. The monoisotopic (exact) mass is 240 g/mol. The Morgan fingerprint density at radius 3 is 2.81 bits per heavy atom. The largest absolute Gasteiger partial charge is 0.489 e. The number of carbonyl (C=O) groups is 1. The predicted molar refractivity (Wildman–Crippen MR) is 60.9 cm³/mol. The van der Waals surface area contributed by atoms with Crippen LogP contribution in [-0.2, 0) is 0 Å². The van der Waals surface area contributed by atoms with Crippen LogP contribution in [0.2, 0.25) is 5.02 Å². The molecule has 0 unspecified atom stereocenters. The molecular weight excluding hydrogens is 228 g/mol. The number of halogens is 1. The molecule has 1 heterocycles. The normalized spacial score (nSPS) is 14.7. The number of amides is 1. The maximum Gasteiger partial charge on any atom is 0.273 e. The summed E-state index contributed by atoms with van der Waals surface area (Å²) in [5.41, 5.74) is 0.241. The Labute approximate surface area is 99.2 Å². The zero-order valence-corrected chi connectivity index (χ0v) is 9.99. The van der Waals surface area contributed by atoms with Crippen LogP contribution < -0.4 is 4.74 Å². The van der Waals surface area contributed by atoms with Gasteiger partial charge in [0.15, 0.2) is 5.69 Å². The number of hydrogen-bond donors (Lipinski definition) is 0. The van der Waals surface area contributed by atoms with Gasteiger partial charge in [0, 0.05) is 26.4 Å². The fourth-order valence-corrected chi connectivity index (χ4v) is 1.48. The first-order valence-corrected chi connectivity index (χ1v) is 5.50. The Bertz CT molecular complexity index is 416. The van der Waals surface area contributed by atoms with E-state index in [4.69, 9.17) is 16.3 Å². The fourth-order valence-electron chi connectivity index (χ4n) is 1.24. The first-order valence-electron chi connectivity index (χ1n) is 5.12. The maximum absolute atomic E-state index is 11.7. The number of nitrogens with zero attached hydrogens (tertiary/aromatic N) is 2. The van der Waals surface area contributed by atoms with Crippen LogP contribution in [0, 0.1) is 0 Å². The highest BCUT2D eigenvalue weighted by atomic mass is 35.5. The standard InChI is InChI=1S/C11H13ClN2O2/c1-14(2)11(15)10-9(12)8(5-6-13-10)16-7-3-4-7/h5-7H,3-4H2,1-2H3. The molecule has 0 N–H and O–H groups in total. The summed E-state index contributed by atoms with van der Waals surface area (Å²) in [5, 5.41) is 0.299. The number of carbonyl (C=O) groups excluding carboxylic acids is 1. The van der Waals surface area contributed by atoms with Crippen molar-refractivity contribution in [2.24, 2.45) is 0 Å². The third-order valence-corrected chi connectivity index (χ3v) is 2.65. The van der Waals surface area contributed by atoms with Crippen molar-refractivity contribution < 1.29 is 9.53 Å². The van der Waals surface area contributed by atoms with Gasteiger partial charge in [0.1, 0.15) is 10.8 Å². The molecule has 4 nitrogen and oxygen atoms in total. The molecule has 0 radical (unpaired) electrons. The molecule has 5 heteroatoms. The molecule has 2 rings (SSSR count). The third kappa shape index (κ3) is 2.27. The minimum Gasteiger partial charge on any atom is -0.489 e. The van der Waals surface area contributed by atoms with E-state index in [9.17, 15) is 4.79 Å². The number of rotatable bonds is 3. The van der Waals surface area contributed by atoms with Crippen LogP contribution in [-0.4, -0.2) is 36.0 Å². The summed E-state index contributed by atoms with van der Waals surface area (Å²) in [4.78, 5) is 17.2. The van der Waals surface area contributed by atoms with Crippen LogP contribution in [0.5, 0.6) is 5.75 Å². The second-order valence-electron chi connectivity index (χ2n) is 3.99. The lowest BCUT2D eigenvalue weighted by Gasteiger charge is -2.13. The SMILES string of the molecule is CN(C)C(=O)c1nccc(OC2CC2)c1Cl. The van der Waals surface area contributed by atoms with Crippen LogP contribution in [0.15, 0.2) is 12.3 Å². The van der Waals surface area contributed by atoms with Crippen molar-refractivity contribution in [3.05, 3.63) is 23.0 Å². The molecule has 0 bridgehead atoms. The van der Waals surface area contributed by atoms with Gasteiger partial charge in [-0.15, -0.1) is 0 Å². The van der Waals surface area contributed by atoms with Crippen molar-refractivity contribution in [3.8, 4) is 5.75 Å². The summed E-state index contributed by atoms with van der Waals surface area (Å²) in [5.74, 6) is 0.329. The summed E-state index contributed by atoms with van der Waals surface area (Å²) in [7, 11) is 3.32. The molecule has 0 aromatic carbocycles. The minimum absolute atomic E-state index is 0.216. The molecule has 1 aliphatic carbocycles.